The van der Waals surface area contributed by atoms with Gasteiger partial charge in [0.25, 0.3) is 0 Å². The zero-order chi connectivity index (χ0) is 20.1. The topological polar surface area (TPSA) is 43.9 Å². The lowest BCUT2D eigenvalue weighted by Crippen LogP contribution is -2.53. The summed E-state index contributed by atoms with van der Waals surface area (Å²) in [6, 6.07) is 19.7. The van der Waals surface area contributed by atoms with Gasteiger partial charge in [-0.3, -0.25) is 14.5 Å². The van der Waals surface area contributed by atoms with E-state index < -0.39 is 6.04 Å². The molecule has 0 aliphatic carbocycles. The van der Waals surface area contributed by atoms with Crippen molar-refractivity contribution in [2.24, 2.45) is 0 Å². The maximum Gasteiger partial charge on any atom is 0.250 e. The summed E-state index contributed by atoms with van der Waals surface area (Å²) in [5, 5.41) is 0. The minimum absolute atomic E-state index is 0.0609. The Morgan fingerprint density at radius 3 is 2.14 bits per heavy atom. The number of hydrogen-bond acceptors (Lipinski definition) is 3. The molecule has 1 unspecified atom stereocenters. The molecular formula is C24H29N3O2. The van der Waals surface area contributed by atoms with Gasteiger partial charge >= 0.3 is 0 Å². The van der Waals surface area contributed by atoms with Crippen LogP contribution >= 0.6 is 0 Å². The van der Waals surface area contributed by atoms with E-state index in [0.29, 0.717) is 26.1 Å². The molecule has 0 saturated carbocycles. The van der Waals surface area contributed by atoms with Crippen LogP contribution in [0.5, 0.6) is 0 Å². The molecule has 0 N–H and O–H groups in total. The molecule has 0 bridgehead atoms. The van der Waals surface area contributed by atoms with Gasteiger partial charge in [-0.2, -0.15) is 0 Å². The number of rotatable bonds is 5. The van der Waals surface area contributed by atoms with Crippen molar-refractivity contribution in [2.75, 3.05) is 32.7 Å². The van der Waals surface area contributed by atoms with Gasteiger partial charge in [0.2, 0.25) is 11.8 Å². The Labute approximate surface area is 172 Å². The number of hydrogen-bond donors (Lipinski definition) is 0. The van der Waals surface area contributed by atoms with E-state index in [4.69, 9.17) is 0 Å². The zero-order valence-electron chi connectivity index (χ0n) is 16.9. The highest BCUT2D eigenvalue weighted by Gasteiger charge is 2.36. The maximum atomic E-state index is 13.5. The molecule has 29 heavy (non-hydrogen) atoms. The van der Waals surface area contributed by atoms with Crippen LogP contribution in [0.1, 0.15) is 36.4 Å². The number of carbonyl (C=O) groups is 2. The fraction of sp³-hybridized carbons (Fsp3) is 0.417. The molecule has 2 aromatic rings. The predicted molar refractivity (Wildman–Crippen MR) is 113 cm³/mol. The highest BCUT2D eigenvalue weighted by Crippen LogP contribution is 2.28. The van der Waals surface area contributed by atoms with Crippen LogP contribution in [0.25, 0.3) is 0 Å². The number of nitrogens with zero attached hydrogens (tertiary/aromatic N) is 3. The van der Waals surface area contributed by atoms with Crippen LogP contribution in [-0.4, -0.2) is 59.2 Å². The number of amides is 2. The fourth-order valence-corrected chi connectivity index (χ4v) is 4.33. The maximum absolute atomic E-state index is 13.5. The van der Waals surface area contributed by atoms with Crippen molar-refractivity contribution in [3.8, 4) is 0 Å². The van der Waals surface area contributed by atoms with E-state index in [1.165, 1.54) is 5.56 Å². The Morgan fingerprint density at radius 2 is 1.48 bits per heavy atom. The third-order valence-electron chi connectivity index (χ3n) is 5.95. The van der Waals surface area contributed by atoms with E-state index in [9.17, 15) is 9.59 Å². The SMILES string of the molecule is O=C(C(c1ccccc1)N1CCCCC1=O)N1CCN(Cc2ccccc2)CC1. The Kier molecular flexibility index (Phi) is 6.25. The second-order valence-electron chi connectivity index (χ2n) is 7.94. The summed E-state index contributed by atoms with van der Waals surface area (Å²) in [6.07, 6.45) is 2.43. The first-order chi connectivity index (χ1) is 14.2. The Balaban J connectivity index is 1.45. The third-order valence-corrected chi connectivity index (χ3v) is 5.95. The van der Waals surface area contributed by atoms with Gasteiger partial charge in [0.05, 0.1) is 0 Å². The number of carbonyl (C=O) groups excluding carboxylic acids is 2. The molecule has 0 radical (unpaired) electrons. The molecule has 2 fully saturated rings. The van der Waals surface area contributed by atoms with Crippen LogP contribution in [0.4, 0.5) is 0 Å². The lowest BCUT2D eigenvalue weighted by atomic mass is 9.99. The number of likely N-dealkylation sites (tertiary alicyclic amines) is 1. The Hall–Kier alpha value is -2.66. The van der Waals surface area contributed by atoms with Crippen molar-refractivity contribution < 1.29 is 9.59 Å². The summed E-state index contributed by atoms with van der Waals surface area (Å²) in [5.74, 6) is 0.159. The molecule has 2 amide bonds. The fourth-order valence-electron chi connectivity index (χ4n) is 4.33. The Bertz CT molecular complexity index is 817. The summed E-state index contributed by atoms with van der Waals surface area (Å²) in [7, 11) is 0. The van der Waals surface area contributed by atoms with E-state index >= 15 is 0 Å². The average molecular weight is 392 g/mol. The molecule has 2 saturated heterocycles. The van der Waals surface area contributed by atoms with E-state index in [-0.39, 0.29) is 11.8 Å². The summed E-state index contributed by atoms with van der Waals surface area (Å²) in [5.41, 5.74) is 2.22. The lowest BCUT2D eigenvalue weighted by Gasteiger charge is -2.40. The van der Waals surface area contributed by atoms with Gasteiger partial charge in [-0.15, -0.1) is 0 Å². The summed E-state index contributed by atoms with van der Waals surface area (Å²) in [4.78, 5) is 32.3. The van der Waals surface area contributed by atoms with Crippen molar-refractivity contribution in [2.45, 2.75) is 31.8 Å². The second kappa shape index (κ2) is 9.23. The van der Waals surface area contributed by atoms with E-state index in [2.05, 4.69) is 29.2 Å². The molecule has 2 aromatic carbocycles. The molecule has 4 rings (SSSR count). The summed E-state index contributed by atoms with van der Waals surface area (Å²) < 4.78 is 0. The standard InChI is InChI=1S/C24H29N3O2/c28-22-13-7-8-14-27(22)23(21-11-5-2-6-12-21)24(29)26-17-15-25(16-18-26)19-20-9-3-1-4-10-20/h1-6,9-12,23H,7-8,13-19H2. The van der Waals surface area contributed by atoms with Crippen molar-refractivity contribution in [3.63, 3.8) is 0 Å². The van der Waals surface area contributed by atoms with Crippen molar-refractivity contribution in [3.05, 3.63) is 71.8 Å². The first-order valence-electron chi connectivity index (χ1n) is 10.6. The van der Waals surface area contributed by atoms with Crippen LogP contribution in [-0.2, 0) is 16.1 Å². The minimum Gasteiger partial charge on any atom is -0.338 e. The van der Waals surface area contributed by atoms with Gasteiger partial charge in [-0.25, -0.2) is 0 Å². The van der Waals surface area contributed by atoms with Crippen LogP contribution in [0.2, 0.25) is 0 Å². The first kappa shape index (κ1) is 19.6. The van der Waals surface area contributed by atoms with E-state index in [0.717, 1.165) is 38.0 Å². The summed E-state index contributed by atoms with van der Waals surface area (Å²) in [6.45, 7) is 4.70. The quantitative estimate of drug-likeness (QED) is 0.787. The van der Waals surface area contributed by atoms with Crippen molar-refractivity contribution in [1.29, 1.82) is 0 Å². The molecule has 0 spiro atoms. The first-order valence-corrected chi connectivity index (χ1v) is 10.6. The van der Waals surface area contributed by atoms with Gasteiger partial charge < -0.3 is 9.80 Å². The van der Waals surface area contributed by atoms with Crippen LogP contribution < -0.4 is 0 Å². The zero-order valence-corrected chi connectivity index (χ0v) is 16.9. The molecule has 5 nitrogen and oxygen atoms in total. The van der Waals surface area contributed by atoms with Gasteiger partial charge in [0.1, 0.15) is 6.04 Å². The minimum atomic E-state index is -0.496. The molecule has 5 heteroatoms. The predicted octanol–water partition coefficient (Wildman–Crippen LogP) is 3.08. The summed E-state index contributed by atoms with van der Waals surface area (Å²) >= 11 is 0. The van der Waals surface area contributed by atoms with Crippen LogP contribution in [0.15, 0.2) is 60.7 Å². The van der Waals surface area contributed by atoms with Crippen LogP contribution in [0.3, 0.4) is 0 Å². The lowest BCUT2D eigenvalue weighted by molar-refractivity contribution is -0.148. The monoisotopic (exact) mass is 391 g/mol. The molecule has 0 aromatic heterocycles. The molecule has 2 heterocycles. The Morgan fingerprint density at radius 1 is 0.828 bits per heavy atom. The van der Waals surface area contributed by atoms with E-state index in [1.54, 1.807) is 4.90 Å². The van der Waals surface area contributed by atoms with Gasteiger partial charge in [-0.1, -0.05) is 60.7 Å². The second-order valence-corrected chi connectivity index (χ2v) is 7.94. The van der Waals surface area contributed by atoms with Crippen LogP contribution in [0, 0.1) is 0 Å². The largest absolute Gasteiger partial charge is 0.338 e. The normalized spacial score (nSPS) is 19.2. The van der Waals surface area contributed by atoms with Gasteiger partial charge in [-0.05, 0) is 24.0 Å². The highest BCUT2D eigenvalue weighted by molar-refractivity contribution is 5.89. The molecule has 1 atom stereocenters. The van der Waals surface area contributed by atoms with Crippen molar-refractivity contribution in [1.82, 2.24) is 14.7 Å². The molecule has 152 valence electrons. The van der Waals surface area contributed by atoms with Gasteiger partial charge in [0, 0.05) is 45.7 Å². The number of piperidine rings is 1. The average Bonchev–Trinajstić information content (AvgIpc) is 2.77. The number of benzene rings is 2. The number of piperazine rings is 1. The highest BCUT2D eigenvalue weighted by atomic mass is 16.2. The van der Waals surface area contributed by atoms with Gasteiger partial charge in [0.15, 0.2) is 0 Å². The smallest absolute Gasteiger partial charge is 0.250 e. The molecule has 2 aliphatic heterocycles. The van der Waals surface area contributed by atoms with E-state index in [1.807, 2.05) is 41.3 Å². The molecular weight excluding hydrogens is 362 g/mol. The van der Waals surface area contributed by atoms with Crippen molar-refractivity contribution >= 4 is 11.8 Å². The molecule has 2 aliphatic rings. The third kappa shape index (κ3) is 4.67.